The summed E-state index contributed by atoms with van der Waals surface area (Å²) in [5, 5.41) is 41.9. The van der Waals surface area contributed by atoms with Crippen molar-refractivity contribution in [1.29, 1.82) is 0 Å². The minimum atomic E-state index is -0.904. The molecule has 9 heteroatoms. The Morgan fingerprint density at radius 2 is 1.94 bits per heavy atom. The number of aliphatic hydroxyl groups is 2. The normalized spacial score (nSPS) is 23.2. The van der Waals surface area contributed by atoms with Crippen molar-refractivity contribution >= 4 is 11.7 Å². The van der Waals surface area contributed by atoms with Crippen LogP contribution in [0.1, 0.15) is 57.8 Å². The summed E-state index contributed by atoms with van der Waals surface area (Å²) in [5.41, 5.74) is 0.501. The lowest BCUT2D eigenvalue weighted by molar-refractivity contribution is -0.137. The van der Waals surface area contributed by atoms with Crippen LogP contribution in [0.5, 0.6) is 5.75 Å². The molecule has 1 aliphatic carbocycles. The second kappa shape index (κ2) is 12.6. The van der Waals surface area contributed by atoms with Crippen molar-refractivity contribution in [3.8, 4) is 5.75 Å². The Morgan fingerprint density at radius 3 is 2.61 bits per heavy atom. The first kappa shape index (κ1) is 25.0. The molecule has 1 saturated carbocycles. The van der Waals surface area contributed by atoms with Crippen LogP contribution in [0.25, 0.3) is 0 Å². The number of hydrogen-bond acceptors (Lipinski definition) is 6. The van der Waals surface area contributed by atoms with Gasteiger partial charge in [-0.25, -0.2) is 8.78 Å². The standard InChI is InChI=1S/C22H31F2NO6/c23-14-7-10-21(18(24)11-14)31-13-15(26)8-9-16-17(20(27)12-19(16)25-30)5-3-1-2-4-6-22(28)29/h7,10-11,15-17,20,26-27,30H,1-6,8-9,12-13H2,(H,28,29)/b25-19-/t15-,16?,17-,20+/m1/s1. The summed E-state index contributed by atoms with van der Waals surface area (Å²) >= 11 is 0. The predicted molar refractivity (Wildman–Crippen MR) is 109 cm³/mol. The van der Waals surface area contributed by atoms with Crippen molar-refractivity contribution in [3.05, 3.63) is 29.8 Å². The Kier molecular flexibility index (Phi) is 10.1. The number of oxime groups is 1. The van der Waals surface area contributed by atoms with E-state index in [4.69, 9.17) is 9.84 Å². The maximum Gasteiger partial charge on any atom is 0.303 e. The van der Waals surface area contributed by atoms with Gasteiger partial charge in [0.1, 0.15) is 12.4 Å². The Labute approximate surface area is 180 Å². The molecule has 0 bridgehead atoms. The van der Waals surface area contributed by atoms with Crippen LogP contribution in [-0.2, 0) is 4.79 Å². The molecule has 0 aromatic heterocycles. The minimum Gasteiger partial charge on any atom is -0.488 e. The first-order valence-corrected chi connectivity index (χ1v) is 10.7. The van der Waals surface area contributed by atoms with Gasteiger partial charge in [0.15, 0.2) is 11.6 Å². The number of ether oxygens (including phenoxy) is 1. The number of halogens is 2. The van der Waals surface area contributed by atoms with Crippen LogP contribution in [-0.4, -0.2) is 51.0 Å². The number of rotatable bonds is 13. The second-order valence-electron chi connectivity index (χ2n) is 8.10. The smallest absolute Gasteiger partial charge is 0.303 e. The Hall–Kier alpha value is -2.26. The zero-order chi connectivity index (χ0) is 22.8. The topological polar surface area (TPSA) is 120 Å². The molecule has 0 radical (unpaired) electrons. The van der Waals surface area contributed by atoms with E-state index in [2.05, 4.69) is 5.16 Å². The SMILES string of the molecule is O=C(O)CCCCCC[C@@H]1C(CC[C@@H](O)COc2ccc(F)cc2F)/C(=N\O)C[C@@H]1O. The van der Waals surface area contributed by atoms with Crippen LogP contribution in [0.15, 0.2) is 23.4 Å². The van der Waals surface area contributed by atoms with Gasteiger partial charge in [-0.05, 0) is 43.7 Å². The summed E-state index contributed by atoms with van der Waals surface area (Å²) in [6.07, 6.45) is 3.48. The maximum absolute atomic E-state index is 13.6. The van der Waals surface area contributed by atoms with Crippen molar-refractivity contribution in [2.24, 2.45) is 17.0 Å². The molecule has 0 amide bonds. The van der Waals surface area contributed by atoms with E-state index >= 15 is 0 Å². The minimum absolute atomic E-state index is 0.104. The maximum atomic E-state index is 13.6. The second-order valence-corrected chi connectivity index (χ2v) is 8.10. The fraction of sp³-hybridized carbons (Fsp3) is 0.636. The molecule has 0 aliphatic heterocycles. The Balaban J connectivity index is 1.79. The molecule has 0 spiro atoms. The summed E-state index contributed by atoms with van der Waals surface area (Å²) < 4.78 is 31.8. The quantitative estimate of drug-likeness (QED) is 0.209. The molecular weight excluding hydrogens is 412 g/mol. The fourth-order valence-corrected chi connectivity index (χ4v) is 4.16. The molecule has 0 heterocycles. The van der Waals surface area contributed by atoms with Crippen LogP contribution in [0.2, 0.25) is 0 Å². The van der Waals surface area contributed by atoms with E-state index in [0.29, 0.717) is 37.5 Å². The molecular formula is C22H31F2NO6. The molecule has 1 fully saturated rings. The summed E-state index contributed by atoms with van der Waals surface area (Å²) in [6, 6.07) is 2.94. The Bertz CT molecular complexity index is 745. The molecule has 1 aromatic rings. The molecule has 1 aliphatic rings. The highest BCUT2D eigenvalue weighted by molar-refractivity contribution is 5.89. The van der Waals surface area contributed by atoms with Gasteiger partial charge in [0.05, 0.1) is 17.9 Å². The number of carboxylic acids is 1. The van der Waals surface area contributed by atoms with Crippen molar-refractivity contribution < 1.29 is 38.8 Å². The highest BCUT2D eigenvalue weighted by Crippen LogP contribution is 2.37. The number of aliphatic carboxylic acids is 1. The number of hydrogen-bond donors (Lipinski definition) is 4. The van der Waals surface area contributed by atoms with Gasteiger partial charge in [-0.3, -0.25) is 4.79 Å². The monoisotopic (exact) mass is 443 g/mol. The summed E-state index contributed by atoms with van der Waals surface area (Å²) in [6.45, 7) is -0.169. The summed E-state index contributed by atoms with van der Waals surface area (Å²) in [4.78, 5) is 10.5. The van der Waals surface area contributed by atoms with E-state index in [-0.39, 0.29) is 37.0 Å². The van der Waals surface area contributed by atoms with Gasteiger partial charge in [-0.15, -0.1) is 0 Å². The van der Waals surface area contributed by atoms with Crippen molar-refractivity contribution in [3.63, 3.8) is 0 Å². The van der Waals surface area contributed by atoms with Crippen molar-refractivity contribution in [2.45, 2.75) is 70.0 Å². The lowest BCUT2D eigenvalue weighted by atomic mass is 9.85. The van der Waals surface area contributed by atoms with Crippen LogP contribution >= 0.6 is 0 Å². The largest absolute Gasteiger partial charge is 0.488 e. The zero-order valence-corrected chi connectivity index (χ0v) is 17.4. The van der Waals surface area contributed by atoms with Gasteiger partial charge in [0, 0.05) is 24.8 Å². The van der Waals surface area contributed by atoms with Crippen LogP contribution in [0.4, 0.5) is 8.78 Å². The molecule has 1 unspecified atom stereocenters. The third-order valence-corrected chi connectivity index (χ3v) is 5.80. The molecule has 4 N–H and O–H groups in total. The number of aliphatic hydroxyl groups excluding tert-OH is 2. The van der Waals surface area contributed by atoms with Crippen molar-refractivity contribution in [1.82, 2.24) is 0 Å². The molecule has 1 aromatic carbocycles. The number of carbonyl (C=O) groups is 1. The fourth-order valence-electron chi connectivity index (χ4n) is 4.16. The molecule has 2 rings (SSSR count). The highest BCUT2D eigenvalue weighted by atomic mass is 19.1. The molecule has 31 heavy (non-hydrogen) atoms. The number of carboxylic acid groups (broad SMARTS) is 1. The van der Waals surface area contributed by atoms with Crippen LogP contribution in [0.3, 0.4) is 0 Å². The molecule has 7 nitrogen and oxygen atoms in total. The number of nitrogens with zero attached hydrogens (tertiary/aromatic N) is 1. The van der Waals surface area contributed by atoms with Gasteiger partial charge in [0.25, 0.3) is 0 Å². The Morgan fingerprint density at radius 1 is 1.19 bits per heavy atom. The van der Waals surface area contributed by atoms with Gasteiger partial charge in [-0.2, -0.15) is 0 Å². The van der Waals surface area contributed by atoms with E-state index in [1.165, 1.54) is 0 Å². The van der Waals surface area contributed by atoms with Gasteiger partial charge < -0.3 is 25.3 Å². The highest BCUT2D eigenvalue weighted by Gasteiger charge is 2.39. The lowest BCUT2D eigenvalue weighted by Crippen LogP contribution is -2.24. The number of benzene rings is 1. The van der Waals surface area contributed by atoms with E-state index < -0.39 is 29.8 Å². The third-order valence-electron chi connectivity index (χ3n) is 5.80. The van der Waals surface area contributed by atoms with Crippen LogP contribution in [0, 0.1) is 23.5 Å². The molecule has 0 saturated heterocycles. The van der Waals surface area contributed by atoms with E-state index in [0.717, 1.165) is 31.4 Å². The molecule has 4 atom stereocenters. The number of unbranched alkanes of at least 4 members (excludes halogenated alkanes) is 3. The van der Waals surface area contributed by atoms with Crippen molar-refractivity contribution in [2.75, 3.05) is 6.61 Å². The predicted octanol–water partition coefficient (Wildman–Crippen LogP) is 3.74. The van der Waals surface area contributed by atoms with E-state index in [1.54, 1.807) is 0 Å². The summed E-state index contributed by atoms with van der Waals surface area (Å²) in [5.74, 6) is -2.79. The van der Waals surface area contributed by atoms with Gasteiger partial charge >= 0.3 is 5.97 Å². The lowest BCUT2D eigenvalue weighted by Gasteiger charge is -2.23. The average molecular weight is 443 g/mol. The summed E-state index contributed by atoms with van der Waals surface area (Å²) in [7, 11) is 0. The van der Waals surface area contributed by atoms with E-state index in [1.807, 2.05) is 0 Å². The van der Waals surface area contributed by atoms with E-state index in [9.17, 15) is 29.0 Å². The average Bonchev–Trinajstić information content (AvgIpc) is 3.02. The van der Waals surface area contributed by atoms with Crippen LogP contribution < -0.4 is 4.74 Å². The first-order chi connectivity index (χ1) is 14.8. The van der Waals surface area contributed by atoms with Gasteiger partial charge in [-0.1, -0.05) is 24.4 Å². The molecule has 174 valence electrons. The zero-order valence-electron chi connectivity index (χ0n) is 17.4. The first-order valence-electron chi connectivity index (χ1n) is 10.7. The van der Waals surface area contributed by atoms with Gasteiger partial charge in [0.2, 0.25) is 0 Å². The third kappa shape index (κ3) is 8.06.